The molecule has 136 valence electrons. The van der Waals surface area contributed by atoms with Gasteiger partial charge in [0.25, 0.3) is 0 Å². The third kappa shape index (κ3) is 4.04. The molecule has 0 saturated carbocycles. The van der Waals surface area contributed by atoms with Crippen molar-refractivity contribution in [3.8, 4) is 5.75 Å². The van der Waals surface area contributed by atoms with E-state index < -0.39 is 0 Å². The van der Waals surface area contributed by atoms with E-state index in [0.717, 1.165) is 38.3 Å². The number of aryl methyl sites for hydroxylation is 1. The fraction of sp³-hybridized carbons (Fsp3) is 0.600. The van der Waals surface area contributed by atoms with Gasteiger partial charge in [0, 0.05) is 33.2 Å². The molecular formula is C20H32BN3O. The van der Waals surface area contributed by atoms with E-state index in [2.05, 4.69) is 74.9 Å². The Kier molecular flexibility index (Phi) is 5.75. The molecule has 1 fully saturated rings. The van der Waals surface area contributed by atoms with Crippen LogP contribution in [0.15, 0.2) is 24.4 Å². The summed E-state index contributed by atoms with van der Waals surface area (Å²) >= 11 is 0. The molecule has 1 saturated heterocycles. The van der Waals surface area contributed by atoms with Crippen LogP contribution in [0.5, 0.6) is 5.75 Å². The highest BCUT2D eigenvalue weighted by Crippen LogP contribution is 2.28. The van der Waals surface area contributed by atoms with Crippen LogP contribution in [0.1, 0.15) is 16.7 Å². The number of hydrogen-bond acceptors (Lipinski definition) is 4. The lowest BCUT2D eigenvalue weighted by Crippen LogP contribution is -2.60. The number of likely N-dealkylation sites (N-methyl/N-ethyl adjacent to an activating group) is 2. The van der Waals surface area contributed by atoms with Crippen molar-refractivity contribution >= 4 is 7.85 Å². The Bertz CT molecular complexity index is 628. The second kappa shape index (κ2) is 7.84. The zero-order valence-corrected chi connectivity index (χ0v) is 16.5. The maximum Gasteiger partial charge on any atom is 0.124 e. The molecule has 2 aliphatic rings. The predicted molar refractivity (Wildman–Crippen MR) is 107 cm³/mol. The number of rotatable bonds is 6. The van der Waals surface area contributed by atoms with Crippen LogP contribution in [0.2, 0.25) is 6.32 Å². The first kappa shape index (κ1) is 18.3. The zero-order valence-electron chi connectivity index (χ0n) is 16.5. The van der Waals surface area contributed by atoms with Crippen LogP contribution < -0.4 is 4.74 Å². The van der Waals surface area contributed by atoms with E-state index >= 15 is 0 Å². The maximum atomic E-state index is 6.29. The van der Waals surface area contributed by atoms with Gasteiger partial charge in [0.15, 0.2) is 0 Å². The molecule has 0 aliphatic carbocycles. The van der Waals surface area contributed by atoms with E-state index in [1.807, 2.05) is 0 Å². The summed E-state index contributed by atoms with van der Waals surface area (Å²) in [4.78, 5) is 7.20. The zero-order chi connectivity index (χ0) is 18.0. The Morgan fingerprint density at radius 1 is 1.16 bits per heavy atom. The molecule has 2 heterocycles. The van der Waals surface area contributed by atoms with E-state index in [1.54, 1.807) is 0 Å². The minimum Gasteiger partial charge on any atom is -0.487 e. The van der Waals surface area contributed by atoms with Crippen LogP contribution in [0, 0.1) is 13.8 Å². The van der Waals surface area contributed by atoms with Crippen molar-refractivity contribution in [3.63, 3.8) is 0 Å². The Labute approximate surface area is 153 Å². The van der Waals surface area contributed by atoms with Crippen molar-refractivity contribution < 1.29 is 4.74 Å². The molecule has 1 unspecified atom stereocenters. The van der Waals surface area contributed by atoms with Crippen LogP contribution in [0.3, 0.4) is 0 Å². The van der Waals surface area contributed by atoms with Gasteiger partial charge in [-0.15, -0.1) is 0 Å². The summed E-state index contributed by atoms with van der Waals surface area (Å²) in [5.74, 6) is 1.07. The molecular weight excluding hydrogens is 309 g/mol. The van der Waals surface area contributed by atoms with E-state index in [-0.39, 0.29) is 0 Å². The molecule has 0 amide bonds. The van der Waals surface area contributed by atoms with E-state index in [9.17, 15) is 0 Å². The Morgan fingerprint density at radius 2 is 1.92 bits per heavy atom. The van der Waals surface area contributed by atoms with Crippen LogP contribution >= 0.6 is 0 Å². The molecule has 1 atom stereocenters. The van der Waals surface area contributed by atoms with Crippen molar-refractivity contribution in [2.45, 2.75) is 38.9 Å². The van der Waals surface area contributed by atoms with Gasteiger partial charge in [-0.05, 0) is 56.3 Å². The average Bonchev–Trinajstić information content (AvgIpc) is 2.54. The summed E-state index contributed by atoms with van der Waals surface area (Å²) in [5.41, 5.74) is 4.16. The van der Waals surface area contributed by atoms with E-state index in [4.69, 9.17) is 4.74 Å². The molecule has 4 nitrogen and oxygen atoms in total. The summed E-state index contributed by atoms with van der Waals surface area (Å²) in [6, 6.07) is 4.42. The van der Waals surface area contributed by atoms with Gasteiger partial charge in [-0.3, -0.25) is 9.80 Å². The molecule has 0 radical (unpaired) electrons. The number of ether oxygens (including phenoxy) is 1. The molecule has 0 aromatic heterocycles. The van der Waals surface area contributed by atoms with Gasteiger partial charge in [0.1, 0.15) is 19.7 Å². The largest absolute Gasteiger partial charge is 0.487 e. The number of likely N-dealkylation sites (tertiary alicyclic amines) is 1. The van der Waals surface area contributed by atoms with Crippen LogP contribution in [0.4, 0.5) is 0 Å². The molecule has 1 aromatic rings. The quantitative estimate of drug-likeness (QED) is 0.733. The molecule has 25 heavy (non-hydrogen) atoms. The van der Waals surface area contributed by atoms with Crippen molar-refractivity contribution in [3.05, 3.63) is 41.1 Å². The standard InChI is InChI=1S/C20H32BN3O/c1-15-16(2)19(7-6-17(15)8-9-21)25-18-12-24(13-18)14-20-22(3)10-5-11-23(20)4/h5-7,10,18,20H,8-9,11-14,21H2,1-4H3. The van der Waals surface area contributed by atoms with Crippen molar-refractivity contribution in [1.82, 2.24) is 14.7 Å². The van der Waals surface area contributed by atoms with Crippen molar-refractivity contribution in [2.75, 3.05) is 40.3 Å². The Balaban J connectivity index is 1.52. The summed E-state index contributed by atoms with van der Waals surface area (Å²) < 4.78 is 6.29. The second-order valence-corrected chi connectivity index (χ2v) is 7.65. The van der Waals surface area contributed by atoms with Gasteiger partial charge in [-0.1, -0.05) is 18.5 Å². The summed E-state index contributed by atoms with van der Waals surface area (Å²) in [7, 11) is 6.59. The van der Waals surface area contributed by atoms with Gasteiger partial charge >= 0.3 is 0 Å². The minimum atomic E-state index is 0.324. The monoisotopic (exact) mass is 341 g/mol. The summed E-state index contributed by atoms with van der Waals surface area (Å²) in [5, 5.41) is 0. The minimum absolute atomic E-state index is 0.324. The SMILES string of the molecule is BCCc1ccc(OC2CN(CC3N(C)C=CCN3C)C2)c(C)c1C. The van der Waals surface area contributed by atoms with Crippen molar-refractivity contribution in [2.24, 2.45) is 0 Å². The molecule has 2 aliphatic heterocycles. The Hall–Kier alpha value is -1.46. The fourth-order valence-corrected chi connectivity index (χ4v) is 3.86. The van der Waals surface area contributed by atoms with Gasteiger partial charge in [-0.25, -0.2) is 0 Å². The molecule has 0 spiro atoms. The molecule has 5 heteroatoms. The lowest BCUT2D eigenvalue weighted by atomic mass is 9.92. The van der Waals surface area contributed by atoms with Gasteiger partial charge in [0.05, 0.1) is 6.17 Å². The summed E-state index contributed by atoms with van der Waals surface area (Å²) in [6.45, 7) is 8.57. The molecule has 0 bridgehead atoms. The topological polar surface area (TPSA) is 19.0 Å². The van der Waals surface area contributed by atoms with E-state index in [1.165, 1.54) is 23.0 Å². The number of nitrogens with zero attached hydrogens (tertiary/aromatic N) is 3. The lowest BCUT2D eigenvalue weighted by Gasteiger charge is -2.45. The first-order valence-corrected chi connectivity index (χ1v) is 9.56. The maximum absolute atomic E-state index is 6.29. The fourth-order valence-electron chi connectivity index (χ4n) is 3.86. The molecule has 0 N–H and O–H groups in total. The third-order valence-corrected chi connectivity index (χ3v) is 5.72. The highest BCUT2D eigenvalue weighted by atomic mass is 16.5. The second-order valence-electron chi connectivity index (χ2n) is 7.65. The van der Waals surface area contributed by atoms with Gasteiger partial charge in [0.2, 0.25) is 0 Å². The first-order chi connectivity index (χ1) is 12.0. The number of benzene rings is 1. The summed E-state index contributed by atoms with van der Waals surface area (Å²) in [6.07, 6.45) is 7.54. The molecule has 3 rings (SSSR count). The number of hydrogen-bond donors (Lipinski definition) is 0. The first-order valence-electron chi connectivity index (χ1n) is 9.56. The normalized spacial score (nSPS) is 22.2. The molecule has 1 aromatic carbocycles. The van der Waals surface area contributed by atoms with Crippen LogP contribution in [-0.4, -0.2) is 75.1 Å². The van der Waals surface area contributed by atoms with Crippen LogP contribution in [0.25, 0.3) is 0 Å². The van der Waals surface area contributed by atoms with Gasteiger partial charge < -0.3 is 9.64 Å². The van der Waals surface area contributed by atoms with Gasteiger partial charge in [-0.2, -0.15) is 0 Å². The van der Waals surface area contributed by atoms with Crippen molar-refractivity contribution in [1.29, 1.82) is 0 Å². The Morgan fingerprint density at radius 3 is 2.60 bits per heavy atom. The average molecular weight is 341 g/mol. The third-order valence-electron chi connectivity index (χ3n) is 5.72. The van der Waals surface area contributed by atoms with E-state index in [0.29, 0.717) is 12.3 Å². The smallest absolute Gasteiger partial charge is 0.124 e. The van der Waals surface area contributed by atoms with Crippen LogP contribution in [-0.2, 0) is 6.42 Å². The lowest BCUT2D eigenvalue weighted by molar-refractivity contribution is -0.0177. The highest BCUT2D eigenvalue weighted by Gasteiger charge is 2.33. The highest BCUT2D eigenvalue weighted by molar-refractivity contribution is 6.08. The predicted octanol–water partition coefficient (Wildman–Crippen LogP) is 1.68.